The van der Waals surface area contributed by atoms with Crippen molar-refractivity contribution in [1.29, 1.82) is 0 Å². The van der Waals surface area contributed by atoms with E-state index in [9.17, 15) is 9.90 Å². The first-order chi connectivity index (χ1) is 16.1. The third kappa shape index (κ3) is 6.68. The van der Waals surface area contributed by atoms with E-state index in [2.05, 4.69) is 54.7 Å². The van der Waals surface area contributed by atoms with Crippen molar-refractivity contribution >= 4 is 11.6 Å². The van der Waals surface area contributed by atoms with E-state index in [0.29, 0.717) is 18.3 Å². The zero-order valence-corrected chi connectivity index (χ0v) is 19.7. The number of hydrogen-bond acceptors (Lipinski definition) is 2. The lowest BCUT2D eigenvalue weighted by Gasteiger charge is -2.18. The van der Waals surface area contributed by atoms with E-state index in [-0.39, 0.29) is 17.9 Å². The maximum Gasteiger partial charge on any atom is 0.224 e. The van der Waals surface area contributed by atoms with Gasteiger partial charge in [-0.2, -0.15) is 0 Å². The molecule has 0 aliphatic heterocycles. The lowest BCUT2D eigenvalue weighted by atomic mass is 9.88. The van der Waals surface area contributed by atoms with Crippen LogP contribution in [0, 0.1) is 24.7 Å². The average Bonchev–Trinajstić information content (AvgIpc) is 3.32. The van der Waals surface area contributed by atoms with E-state index in [1.807, 2.05) is 30.3 Å². The first-order valence-electron chi connectivity index (χ1n) is 12.5. The van der Waals surface area contributed by atoms with Crippen LogP contribution in [0.3, 0.4) is 0 Å². The van der Waals surface area contributed by atoms with Crippen LogP contribution in [0.15, 0.2) is 78.4 Å². The monoisotopic (exact) mass is 443 g/mol. The molecule has 1 fully saturated rings. The van der Waals surface area contributed by atoms with Crippen LogP contribution in [0.25, 0.3) is 0 Å². The third-order valence-corrected chi connectivity index (χ3v) is 7.20. The minimum Gasteiger partial charge on any atom is -0.392 e. The van der Waals surface area contributed by atoms with Crippen LogP contribution in [0.5, 0.6) is 0 Å². The van der Waals surface area contributed by atoms with Crippen molar-refractivity contribution in [3.8, 4) is 0 Å². The number of rotatable bonds is 10. The van der Waals surface area contributed by atoms with Crippen molar-refractivity contribution in [3.05, 3.63) is 89.5 Å². The molecule has 4 atom stereocenters. The van der Waals surface area contributed by atoms with Crippen LogP contribution in [0.4, 0.5) is 5.69 Å². The Hall–Kier alpha value is -2.65. The number of aliphatic hydroxyl groups excluding tert-OH is 1. The van der Waals surface area contributed by atoms with E-state index in [4.69, 9.17) is 0 Å². The molecule has 0 heterocycles. The second kappa shape index (κ2) is 11.5. The van der Waals surface area contributed by atoms with Gasteiger partial charge in [0.25, 0.3) is 0 Å². The smallest absolute Gasteiger partial charge is 0.224 e. The number of fused-ring (bicyclic) bond motifs is 1. The fourth-order valence-electron chi connectivity index (χ4n) is 5.54. The van der Waals surface area contributed by atoms with E-state index < -0.39 is 0 Å². The number of carbonyl (C=O) groups excluding carboxylic acids is 1. The maximum absolute atomic E-state index is 12.1. The molecular formula is C30H37NO2. The highest BCUT2D eigenvalue weighted by Gasteiger charge is 2.43. The van der Waals surface area contributed by atoms with E-state index >= 15 is 0 Å². The molecule has 3 heteroatoms. The summed E-state index contributed by atoms with van der Waals surface area (Å²) < 4.78 is 0. The number of anilines is 1. The van der Waals surface area contributed by atoms with E-state index in [1.165, 1.54) is 16.7 Å². The molecule has 0 spiro atoms. The van der Waals surface area contributed by atoms with Gasteiger partial charge in [0.05, 0.1) is 6.10 Å². The van der Waals surface area contributed by atoms with Crippen molar-refractivity contribution in [1.82, 2.24) is 0 Å². The van der Waals surface area contributed by atoms with Crippen LogP contribution in [0.2, 0.25) is 0 Å². The van der Waals surface area contributed by atoms with Crippen molar-refractivity contribution in [2.75, 3.05) is 5.32 Å². The summed E-state index contributed by atoms with van der Waals surface area (Å²) in [6.45, 7) is 2.14. The topological polar surface area (TPSA) is 49.3 Å². The molecule has 3 nitrogen and oxygen atoms in total. The predicted octanol–water partition coefficient (Wildman–Crippen LogP) is 6.63. The summed E-state index contributed by atoms with van der Waals surface area (Å²) in [4.78, 5) is 12.1. The van der Waals surface area contributed by atoms with Gasteiger partial charge in [-0.05, 0) is 81.4 Å². The van der Waals surface area contributed by atoms with Gasteiger partial charge in [-0.1, -0.05) is 71.8 Å². The Kier molecular flexibility index (Phi) is 8.17. The lowest BCUT2D eigenvalue weighted by molar-refractivity contribution is -0.116. The zero-order chi connectivity index (χ0) is 23.0. The number of allylic oxidation sites excluding steroid dienone is 3. The minimum atomic E-state index is -0.213. The Balaban J connectivity index is 1.17. The third-order valence-electron chi connectivity index (χ3n) is 7.20. The van der Waals surface area contributed by atoms with Gasteiger partial charge >= 0.3 is 0 Å². The Bertz CT molecular complexity index is 978. The molecule has 1 saturated carbocycles. The van der Waals surface area contributed by atoms with Gasteiger partial charge < -0.3 is 10.4 Å². The average molecular weight is 444 g/mol. The molecule has 2 aliphatic rings. The Morgan fingerprint density at radius 1 is 1.09 bits per heavy atom. The van der Waals surface area contributed by atoms with Crippen LogP contribution < -0.4 is 5.32 Å². The van der Waals surface area contributed by atoms with Crippen LogP contribution >= 0.6 is 0 Å². The summed E-state index contributed by atoms with van der Waals surface area (Å²) in [5, 5.41) is 13.6. The molecule has 33 heavy (non-hydrogen) atoms. The number of amides is 1. The summed E-state index contributed by atoms with van der Waals surface area (Å²) in [7, 11) is 0. The molecule has 0 unspecified atom stereocenters. The predicted molar refractivity (Wildman–Crippen MR) is 136 cm³/mol. The fourth-order valence-corrected chi connectivity index (χ4v) is 5.54. The number of nitrogens with one attached hydrogen (secondary N) is 1. The van der Waals surface area contributed by atoms with E-state index in [0.717, 1.165) is 50.6 Å². The van der Waals surface area contributed by atoms with Crippen molar-refractivity contribution in [2.24, 2.45) is 17.8 Å². The van der Waals surface area contributed by atoms with Gasteiger partial charge in [0.15, 0.2) is 0 Å². The first-order valence-corrected chi connectivity index (χ1v) is 12.5. The summed E-state index contributed by atoms with van der Waals surface area (Å²) in [5.41, 5.74) is 5.09. The molecule has 0 radical (unpaired) electrons. The van der Waals surface area contributed by atoms with Crippen LogP contribution in [-0.4, -0.2) is 17.1 Å². The van der Waals surface area contributed by atoms with Gasteiger partial charge in [-0.3, -0.25) is 4.79 Å². The summed E-state index contributed by atoms with van der Waals surface area (Å²) >= 11 is 0. The SMILES string of the molecule is Cc1cccc(CCC=C[C@@H]2[C@H]3CC(CCCCC(=O)Nc4ccccc4)=C[C@H]3C[C@H]2O)c1. The quantitative estimate of drug-likeness (QED) is 0.320. The van der Waals surface area contributed by atoms with E-state index in [1.54, 1.807) is 0 Å². The minimum absolute atomic E-state index is 0.0949. The van der Waals surface area contributed by atoms with Gasteiger partial charge in [-0.15, -0.1) is 0 Å². The van der Waals surface area contributed by atoms with Crippen molar-refractivity contribution in [3.63, 3.8) is 0 Å². The fraction of sp³-hybridized carbons (Fsp3) is 0.433. The number of aryl methyl sites for hydroxylation is 2. The summed E-state index contributed by atoms with van der Waals surface area (Å²) in [6.07, 6.45) is 14.5. The number of hydrogen-bond donors (Lipinski definition) is 2. The Morgan fingerprint density at radius 2 is 1.94 bits per heavy atom. The molecule has 0 saturated heterocycles. The lowest BCUT2D eigenvalue weighted by Crippen LogP contribution is -2.17. The second-order valence-electron chi connectivity index (χ2n) is 9.81. The number of para-hydroxylation sites is 1. The normalized spacial score (nSPS) is 24.1. The Morgan fingerprint density at radius 3 is 2.76 bits per heavy atom. The molecule has 1 amide bonds. The van der Waals surface area contributed by atoms with Gasteiger partial charge in [0.1, 0.15) is 0 Å². The molecule has 2 N–H and O–H groups in total. The Labute approximate surface area is 198 Å². The number of aliphatic hydroxyl groups is 1. The molecule has 2 aromatic rings. The first kappa shape index (κ1) is 23.5. The van der Waals surface area contributed by atoms with Gasteiger partial charge in [-0.25, -0.2) is 0 Å². The number of carbonyl (C=O) groups is 1. The molecule has 0 aromatic heterocycles. The molecule has 174 valence electrons. The van der Waals surface area contributed by atoms with Crippen LogP contribution in [-0.2, 0) is 11.2 Å². The molecule has 2 aliphatic carbocycles. The summed E-state index contributed by atoms with van der Waals surface area (Å²) in [6, 6.07) is 18.4. The highest BCUT2D eigenvalue weighted by Crippen LogP contribution is 2.48. The summed E-state index contributed by atoms with van der Waals surface area (Å²) in [5.74, 6) is 1.43. The van der Waals surface area contributed by atoms with Crippen molar-refractivity contribution < 1.29 is 9.90 Å². The van der Waals surface area contributed by atoms with Crippen molar-refractivity contribution in [2.45, 2.75) is 64.4 Å². The molecule has 2 aromatic carbocycles. The highest BCUT2D eigenvalue weighted by atomic mass is 16.3. The van der Waals surface area contributed by atoms with Gasteiger partial charge in [0, 0.05) is 18.0 Å². The van der Waals surface area contributed by atoms with Gasteiger partial charge in [0.2, 0.25) is 5.91 Å². The highest BCUT2D eigenvalue weighted by molar-refractivity contribution is 5.90. The number of benzene rings is 2. The largest absolute Gasteiger partial charge is 0.392 e. The van der Waals surface area contributed by atoms with Crippen LogP contribution in [0.1, 0.15) is 56.1 Å². The molecule has 0 bridgehead atoms. The maximum atomic E-state index is 12.1. The zero-order valence-electron chi connectivity index (χ0n) is 19.7. The molecular weight excluding hydrogens is 406 g/mol. The second-order valence-corrected chi connectivity index (χ2v) is 9.81. The molecule has 4 rings (SSSR count). The standard InChI is InChI=1S/C30H37NO2/c1-22-10-9-13-23(18-22)11-5-7-16-27-28-20-24(19-25(28)21-29(27)32)12-6-8-17-30(33)31-26-14-3-2-4-15-26/h2-4,7,9-10,13-16,18-19,25,27-29,32H,5-6,8,11-12,17,20-21H2,1H3,(H,31,33)/t25-,27+,28-,29+/m0/s1. The number of unbranched alkanes of at least 4 members (excludes halogenated alkanes) is 1.